The molecule has 0 heterocycles. The standard InChI is InChI=1S/C18H14O2S/c19-21(20,17-10-2-1-3-11-17)14-13-16-9-6-8-15-7-4-5-12-18(15)16/h1-14H. The van der Waals surface area contributed by atoms with Crippen LogP contribution >= 0.6 is 0 Å². The Morgan fingerprint density at radius 3 is 2.19 bits per heavy atom. The van der Waals surface area contributed by atoms with Crippen molar-refractivity contribution in [3.05, 3.63) is 83.8 Å². The molecule has 0 aliphatic rings. The molecule has 0 saturated carbocycles. The van der Waals surface area contributed by atoms with Gasteiger partial charge in [-0.3, -0.25) is 0 Å². The van der Waals surface area contributed by atoms with Gasteiger partial charge in [-0.1, -0.05) is 60.7 Å². The zero-order chi connectivity index (χ0) is 14.7. The summed E-state index contributed by atoms with van der Waals surface area (Å²) in [5, 5.41) is 3.40. The summed E-state index contributed by atoms with van der Waals surface area (Å²) >= 11 is 0. The molecule has 0 bridgehead atoms. The lowest BCUT2D eigenvalue weighted by Gasteiger charge is -2.02. The fourth-order valence-corrected chi connectivity index (χ4v) is 3.27. The van der Waals surface area contributed by atoms with E-state index < -0.39 is 9.84 Å². The quantitative estimate of drug-likeness (QED) is 0.722. The van der Waals surface area contributed by atoms with Crippen molar-refractivity contribution in [2.45, 2.75) is 4.90 Å². The van der Waals surface area contributed by atoms with E-state index in [2.05, 4.69) is 0 Å². The lowest BCUT2D eigenvalue weighted by atomic mass is 10.1. The minimum atomic E-state index is -3.41. The van der Waals surface area contributed by atoms with Crippen LogP contribution in [0.1, 0.15) is 5.56 Å². The van der Waals surface area contributed by atoms with Crippen LogP contribution < -0.4 is 0 Å². The molecule has 0 saturated heterocycles. The van der Waals surface area contributed by atoms with Gasteiger partial charge in [0.05, 0.1) is 4.90 Å². The second kappa shape index (κ2) is 5.54. The zero-order valence-corrected chi connectivity index (χ0v) is 12.1. The summed E-state index contributed by atoms with van der Waals surface area (Å²) < 4.78 is 24.5. The second-order valence-corrected chi connectivity index (χ2v) is 6.56. The third kappa shape index (κ3) is 2.88. The molecule has 3 heteroatoms. The molecular formula is C18H14O2S. The minimum Gasteiger partial charge on any atom is -0.219 e. The number of hydrogen-bond acceptors (Lipinski definition) is 2. The lowest BCUT2D eigenvalue weighted by Crippen LogP contribution is -1.95. The van der Waals surface area contributed by atoms with Gasteiger partial charge in [-0.15, -0.1) is 0 Å². The van der Waals surface area contributed by atoms with Crippen LogP contribution in [0.2, 0.25) is 0 Å². The molecule has 21 heavy (non-hydrogen) atoms. The normalized spacial score (nSPS) is 12.0. The third-order valence-electron chi connectivity index (χ3n) is 3.32. The van der Waals surface area contributed by atoms with Crippen LogP contribution in [0, 0.1) is 0 Å². The Morgan fingerprint density at radius 1 is 0.714 bits per heavy atom. The molecule has 0 spiro atoms. The van der Waals surface area contributed by atoms with E-state index >= 15 is 0 Å². The van der Waals surface area contributed by atoms with Gasteiger partial charge in [0.2, 0.25) is 0 Å². The van der Waals surface area contributed by atoms with Crippen LogP contribution in [-0.2, 0) is 9.84 Å². The van der Waals surface area contributed by atoms with E-state index in [1.54, 1.807) is 36.4 Å². The highest BCUT2D eigenvalue weighted by Gasteiger charge is 2.09. The summed E-state index contributed by atoms with van der Waals surface area (Å²) in [5.74, 6) is 0. The molecular weight excluding hydrogens is 280 g/mol. The van der Waals surface area contributed by atoms with E-state index in [0.717, 1.165) is 16.3 Å². The summed E-state index contributed by atoms with van der Waals surface area (Å²) in [7, 11) is -3.41. The maximum Gasteiger partial charge on any atom is 0.199 e. The van der Waals surface area contributed by atoms with Crippen LogP contribution in [0.3, 0.4) is 0 Å². The molecule has 0 unspecified atom stereocenters. The smallest absolute Gasteiger partial charge is 0.199 e. The van der Waals surface area contributed by atoms with Crippen molar-refractivity contribution in [3.63, 3.8) is 0 Å². The van der Waals surface area contributed by atoms with E-state index in [-0.39, 0.29) is 0 Å². The predicted octanol–water partition coefficient (Wildman–Crippen LogP) is 4.28. The maximum atomic E-state index is 12.3. The van der Waals surface area contributed by atoms with Gasteiger partial charge in [-0.05, 0) is 34.5 Å². The SMILES string of the molecule is O=S(=O)(C=Cc1cccc2ccccc12)c1ccccc1. The molecule has 0 fully saturated rings. The van der Waals surface area contributed by atoms with Gasteiger partial charge in [0.1, 0.15) is 0 Å². The number of hydrogen-bond donors (Lipinski definition) is 0. The molecule has 2 nitrogen and oxygen atoms in total. The fraction of sp³-hybridized carbons (Fsp3) is 0. The van der Waals surface area contributed by atoms with Crippen molar-refractivity contribution >= 4 is 26.7 Å². The zero-order valence-electron chi connectivity index (χ0n) is 11.3. The van der Waals surface area contributed by atoms with Crippen LogP contribution in [0.5, 0.6) is 0 Å². The Morgan fingerprint density at radius 2 is 1.38 bits per heavy atom. The average Bonchev–Trinajstić information content (AvgIpc) is 2.54. The number of benzene rings is 3. The van der Waals surface area contributed by atoms with Crippen molar-refractivity contribution < 1.29 is 8.42 Å². The van der Waals surface area contributed by atoms with Crippen LogP contribution in [-0.4, -0.2) is 8.42 Å². The monoisotopic (exact) mass is 294 g/mol. The third-order valence-corrected chi connectivity index (χ3v) is 4.75. The Labute approximate surface area is 124 Å². The highest BCUT2D eigenvalue weighted by Crippen LogP contribution is 2.21. The molecule has 0 aromatic heterocycles. The highest BCUT2D eigenvalue weighted by atomic mass is 32.2. The summed E-state index contributed by atoms with van der Waals surface area (Å²) in [6.07, 6.45) is 1.66. The molecule has 3 aromatic carbocycles. The van der Waals surface area contributed by atoms with Gasteiger partial charge in [0.25, 0.3) is 0 Å². The van der Waals surface area contributed by atoms with E-state index in [0.29, 0.717) is 4.90 Å². The molecule has 0 aliphatic heterocycles. The van der Waals surface area contributed by atoms with Gasteiger partial charge in [-0.25, -0.2) is 8.42 Å². The molecule has 0 atom stereocenters. The maximum absolute atomic E-state index is 12.3. The highest BCUT2D eigenvalue weighted by molar-refractivity contribution is 7.94. The molecule has 104 valence electrons. The summed E-state index contributed by atoms with van der Waals surface area (Å²) in [6, 6.07) is 22.2. The molecule has 3 rings (SSSR count). The van der Waals surface area contributed by atoms with Crippen molar-refractivity contribution in [3.8, 4) is 0 Å². The molecule has 0 N–H and O–H groups in total. The molecule has 0 radical (unpaired) electrons. The van der Waals surface area contributed by atoms with Gasteiger partial charge in [0.15, 0.2) is 9.84 Å². The lowest BCUT2D eigenvalue weighted by molar-refractivity contribution is 0.605. The first-order valence-electron chi connectivity index (χ1n) is 6.63. The van der Waals surface area contributed by atoms with Gasteiger partial charge in [-0.2, -0.15) is 0 Å². The Balaban J connectivity index is 2.03. The number of fused-ring (bicyclic) bond motifs is 1. The number of rotatable bonds is 3. The number of sulfone groups is 1. The molecule has 3 aromatic rings. The first kappa shape index (κ1) is 13.6. The largest absolute Gasteiger partial charge is 0.219 e. The van der Waals surface area contributed by atoms with Crippen molar-refractivity contribution in [1.82, 2.24) is 0 Å². The van der Waals surface area contributed by atoms with Crippen molar-refractivity contribution in [1.29, 1.82) is 0 Å². The average molecular weight is 294 g/mol. The van der Waals surface area contributed by atoms with Crippen LogP contribution in [0.15, 0.2) is 83.1 Å². The van der Waals surface area contributed by atoms with Gasteiger partial charge >= 0.3 is 0 Å². The predicted molar refractivity (Wildman–Crippen MR) is 86.6 cm³/mol. The van der Waals surface area contributed by atoms with Crippen molar-refractivity contribution in [2.75, 3.05) is 0 Å². The molecule has 0 amide bonds. The first-order valence-corrected chi connectivity index (χ1v) is 8.17. The first-order chi connectivity index (χ1) is 10.2. The van der Waals surface area contributed by atoms with Gasteiger partial charge in [0, 0.05) is 5.41 Å². The van der Waals surface area contributed by atoms with E-state index in [1.165, 1.54) is 5.41 Å². The second-order valence-electron chi connectivity index (χ2n) is 4.73. The topological polar surface area (TPSA) is 34.1 Å². The van der Waals surface area contributed by atoms with Crippen LogP contribution in [0.4, 0.5) is 0 Å². The van der Waals surface area contributed by atoms with E-state index in [9.17, 15) is 8.42 Å². The van der Waals surface area contributed by atoms with Crippen LogP contribution in [0.25, 0.3) is 16.8 Å². The summed E-state index contributed by atoms with van der Waals surface area (Å²) in [5.41, 5.74) is 0.896. The minimum absolute atomic E-state index is 0.307. The molecule has 0 aliphatic carbocycles. The van der Waals surface area contributed by atoms with E-state index in [4.69, 9.17) is 0 Å². The summed E-state index contributed by atoms with van der Waals surface area (Å²) in [4.78, 5) is 0.307. The Hall–Kier alpha value is -2.39. The fourth-order valence-electron chi connectivity index (χ4n) is 2.25. The Kier molecular flexibility index (Phi) is 3.59. The van der Waals surface area contributed by atoms with Gasteiger partial charge < -0.3 is 0 Å². The van der Waals surface area contributed by atoms with E-state index in [1.807, 2.05) is 42.5 Å². The Bertz CT molecular complexity index is 889. The van der Waals surface area contributed by atoms with Crippen molar-refractivity contribution in [2.24, 2.45) is 0 Å². The summed E-state index contributed by atoms with van der Waals surface area (Å²) in [6.45, 7) is 0.